The lowest BCUT2D eigenvalue weighted by Gasteiger charge is -2.23. The molecule has 17 heavy (non-hydrogen) atoms. The Balaban J connectivity index is 1.89. The number of aryl methyl sites for hydroxylation is 1. The molecule has 4 nitrogen and oxygen atoms in total. The number of nitrogens with zero attached hydrogens (tertiary/aromatic N) is 1. The monoisotopic (exact) mass is 253 g/mol. The van der Waals surface area contributed by atoms with Crippen molar-refractivity contribution in [3.8, 4) is 0 Å². The van der Waals surface area contributed by atoms with Crippen LogP contribution in [0.2, 0.25) is 0 Å². The fraction of sp³-hybridized carbons (Fsp3) is 0.667. The number of carbonyl (C=O) groups excluding carboxylic acids is 1. The summed E-state index contributed by atoms with van der Waals surface area (Å²) in [6.07, 6.45) is 3.93. The SMILES string of the molecule is Cc1cnc(C(C)NC(=O)[C@H]2CCCNC2)s1. The van der Waals surface area contributed by atoms with E-state index in [2.05, 4.69) is 15.6 Å². The first-order valence-electron chi connectivity index (χ1n) is 6.10. The van der Waals surface area contributed by atoms with Crippen LogP contribution in [0, 0.1) is 12.8 Å². The first-order valence-corrected chi connectivity index (χ1v) is 6.92. The quantitative estimate of drug-likeness (QED) is 0.861. The maximum absolute atomic E-state index is 12.0. The minimum atomic E-state index is 0.0168. The second-order valence-electron chi connectivity index (χ2n) is 4.58. The van der Waals surface area contributed by atoms with Gasteiger partial charge in [-0.1, -0.05) is 0 Å². The molecule has 0 aromatic carbocycles. The van der Waals surface area contributed by atoms with E-state index in [9.17, 15) is 4.79 Å². The molecule has 1 aromatic heterocycles. The van der Waals surface area contributed by atoms with E-state index in [1.807, 2.05) is 20.0 Å². The largest absolute Gasteiger partial charge is 0.347 e. The molecule has 2 atom stereocenters. The van der Waals surface area contributed by atoms with Crippen molar-refractivity contribution in [1.82, 2.24) is 15.6 Å². The van der Waals surface area contributed by atoms with Crippen LogP contribution in [0.15, 0.2) is 6.20 Å². The summed E-state index contributed by atoms with van der Waals surface area (Å²) >= 11 is 1.64. The zero-order chi connectivity index (χ0) is 12.3. The van der Waals surface area contributed by atoms with Gasteiger partial charge in [-0.25, -0.2) is 4.98 Å². The summed E-state index contributed by atoms with van der Waals surface area (Å²) in [5, 5.41) is 7.29. The van der Waals surface area contributed by atoms with Crippen molar-refractivity contribution in [2.24, 2.45) is 5.92 Å². The van der Waals surface area contributed by atoms with Gasteiger partial charge in [0.15, 0.2) is 0 Å². The highest BCUT2D eigenvalue weighted by molar-refractivity contribution is 7.11. The summed E-state index contributed by atoms with van der Waals surface area (Å²) in [6, 6.07) is 0.0168. The van der Waals surface area contributed by atoms with Gasteiger partial charge < -0.3 is 10.6 Å². The predicted octanol–water partition coefficient (Wildman–Crippen LogP) is 1.63. The highest BCUT2D eigenvalue weighted by Gasteiger charge is 2.23. The van der Waals surface area contributed by atoms with Gasteiger partial charge in [0.1, 0.15) is 5.01 Å². The van der Waals surface area contributed by atoms with Crippen molar-refractivity contribution in [1.29, 1.82) is 0 Å². The van der Waals surface area contributed by atoms with E-state index in [4.69, 9.17) is 0 Å². The molecule has 1 aromatic rings. The van der Waals surface area contributed by atoms with Crippen LogP contribution in [0.5, 0.6) is 0 Å². The molecule has 2 N–H and O–H groups in total. The molecule has 0 spiro atoms. The molecule has 1 amide bonds. The fourth-order valence-electron chi connectivity index (χ4n) is 2.04. The lowest BCUT2D eigenvalue weighted by atomic mass is 9.98. The van der Waals surface area contributed by atoms with Crippen LogP contribution in [0.1, 0.15) is 35.7 Å². The van der Waals surface area contributed by atoms with Crippen molar-refractivity contribution < 1.29 is 4.79 Å². The first kappa shape index (κ1) is 12.5. The summed E-state index contributed by atoms with van der Waals surface area (Å²) in [5.74, 6) is 0.268. The van der Waals surface area contributed by atoms with Crippen molar-refractivity contribution in [2.75, 3.05) is 13.1 Å². The number of hydrogen-bond acceptors (Lipinski definition) is 4. The van der Waals surface area contributed by atoms with Crippen LogP contribution in [0.25, 0.3) is 0 Å². The van der Waals surface area contributed by atoms with Crippen molar-refractivity contribution >= 4 is 17.2 Å². The Kier molecular flexibility index (Phi) is 4.12. The standard InChI is InChI=1S/C12H19N3OS/c1-8-6-14-12(17-8)9(2)15-11(16)10-4-3-5-13-7-10/h6,9-10,13H,3-5,7H2,1-2H3,(H,15,16)/t9?,10-/m0/s1. The first-order chi connectivity index (χ1) is 8.16. The van der Waals surface area contributed by atoms with Crippen molar-refractivity contribution in [3.63, 3.8) is 0 Å². The summed E-state index contributed by atoms with van der Waals surface area (Å²) in [4.78, 5) is 17.5. The van der Waals surface area contributed by atoms with Gasteiger partial charge in [-0.05, 0) is 33.2 Å². The van der Waals surface area contributed by atoms with Crippen LogP contribution in [0.4, 0.5) is 0 Å². The molecule has 2 heterocycles. The molecule has 2 rings (SSSR count). The van der Waals surface area contributed by atoms with Crippen LogP contribution in [-0.2, 0) is 4.79 Å². The maximum atomic E-state index is 12.0. The Labute approximate surface area is 106 Å². The van der Waals surface area contributed by atoms with Gasteiger partial charge in [-0.2, -0.15) is 0 Å². The van der Waals surface area contributed by atoms with Crippen LogP contribution >= 0.6 is 11.3 Å². The van der Waals surface area contributed by atoms with Gasteiger partial charge in [-0.15, -0.1) is 11.3 Å². The minimum Gasteiger partial charge on any atom is -0.347 e. The minimum absolute atomic E-state index is 0.0168. The van der Waals surface area contributed by atoms with E-state index in [0.29, 0.717) is 0 Å². The summed E-state index contributed by atoms with van der Waals surface area (Å²) < 4.78 is 0. The second-order valence-corrected chi connectivity index (χ2v) is 5.85. The van der Waals surface area contributed by atoms with Crippen molar-refractivity contribution in [3.05, 3.63) is 16.1 Å². The highest BCUT2D eigenvalue weighted by atomic mass is 32.1. The molecule has 0 bridgehead atoms. The Bertz CT molecular complexity index is 385. The normalized spacial score (nSPS) is 22.1. The highest BCUT2D eigenvalue weighted by Crippen LogP contribution is 2.20. The zero-order valence-corrected chi connectivity index (χ0v) is 11.1. The van der Waals surface area contributed by atoms with E-state index in [1.165, 1.54) is 4.88 Å². The molecular formula is C12H19N3OS. The Morgan fingerprint density at radius 1 is 1.71 bits per heavy atom. The van der Waals surface area contributed by atoms with Gasteiger partial charge in [0.2, 0.25) is 5.91 Å². The van der Waals surface area contributed by atoms with E-state index < -0.39 is 0 Å². The third-order valence-electron chi connectivity index (χ3n) is 3.04. The Morgan fingerprint density at radius 2 is 2.53 bits per heavy atom. The van der Waals surface area contributed by atoms with E-state index in [-0.39, 0.29) is 17.9 Å². The van der Waals surface area contributed by atoms with E-state index in [1.54, 1.807) is 11.3 Å². The number of aromatic nitrogens is 1. The van der Waals surface area contributed by atoms with Crippen molar-refractivity contribution in [2.45, 2.75) is 32.7 Å². The molecule has 1 saturated heterocycles. The fourth-order valence-corrected chi connectivity index (χ4v) is 2.82. The number of nitrogens with one attached hydrogen (secondary N) is 2. The lowest BCUT2D eigenvalue weighted by molar-refractivity contribution is -0.126. The molecule has 1 fully saturated rings. The van der Waals surface area contributed by atoms with Gasteiger partial charge in [0, 0.05) is 17.6 Å². The average molecular weight is 253 g/mol. The lowest BCUT2D eigenvalue weighted by Crippen LogP contribution is -2.41. The smallest absolute Gasteiger partial charge is 0.224 e. The number of rotatable bonds is 3. The molecule has 1 unspecified atom stereocenters. The molecule has 5 heteroatoms. The predicted molar refractivity (Wildman–Crippen MR) is 69.0 cm³/mol. The molecule has 0 saturated carbocycles. The second kappa shape index (κ2) is 5.60. The maximum Gasteiger partial charge on any atom is 0.224 e. The zero-order valence-electron chi connectivity index (χ0n) is 10.3. The number of hydrogen-bond donors (Lipinski definition) is 2. The van der Waals surface area contributed by atoms with Gasteiger partial charge in [-0.3, -0.25) is 4.79 Å². The van der Waals surface area contributed by atoms with E-state index >= 15 is 0 Å². The van der Waals surface area contributed by atoms with Crippen LogP contribution < -0.4 is 10.6 Å². The number of thiazole rings is 1. The third kappa shape index (κ3) is 3.26. The summed E-state index contributed by atoms with van der Waals surface area (Å²) in [5.41, 5.74) is 0. The molecule has 0 radical (unpaired) electrons. The topological polar surface area (TPSA) is 54.0 Å². The third-order valence-corrected chi connectivity index (χ3v) is 4.13. The molecule has 0 aliphatic carbocycles. The molecule has 94 valence electrons. The van der Waals surface area contributed by atoms with Gasteiger partial charge in [0.05, 0.1) is 12.0 Å². The van der Waals surface area contributed by atoms with E-state index in [0.717, 1.165) is 30.9 Å². The average Bonchev–Trinajstić information content (AvgIpc) is 2.77. The Hall–Kier alpha value is -0.940. The summed E-state index contributed by atoms with van der Waals surface area (Å²) in [7, 11) is 0. The Morgan fingerprint density at radius 3 is 3.12 bits per heavy atom. The number of amides is 1. The van der Waals surface area contributed by atoms with Gasteiger partial charge >= 0.3 is 0 Å². The molecule has 1 aliphatic heterocycles. The molecule has 1 aliphatic rings. The number of piperidine rings is 1. The van der Waals surface area contributed by atoms with Crippen LogP contribution in [0.3, 0.4) is 0 Å². The van der Waals surface area contributed by atoms with Gasteiger partial charge in [0.25, 0.3) is 0 Å². The number of carbonyl (C=O) groups is 1. The molecular weight excluding hydrogens is 234 g/mol. The van der Waals surface area contributed by atoms with Crippen LogP contribution in [-0.4, -0.2) is 24.0 Å². The summed E-state index contributed by atoms with van der Waals surface area (Å²) in [6.45, 7) is 5.85.